The summed E-state index contributed by atoms with van der Waals surface area (Å²) in [5.74, 6) is 1.10. The number of thioether (sulfide) groups is 1. The molecule has 18 heavy (non-hydrogen) atoms. The molecule has 1 aromatic rings. The van der Waals surface area contributed by atoms with Crippen molar-refractivity contribution in [2.75, 3.05) is 26.8 Å². The van der Waals surface area contributed by atoms with Gasteiger partial charge in [-0.3, -0.25) is 0 Å². The van der Waals surface area contributed by atoms with Gasteiger partial charge in [-0.2, -0.15) is 11.8 Å². The molecule has 0 saturated carbocycles. The predicted molar refractivity (Wildman–Crippen MR) is 81.3 cm³/mol. The van der Waals surface area contributed by atoms with Gasteiger partial charge >= 0.3 is 0 Å². The Kier molecular flexibility index (Phi) is 8.14. The quantitative estimate of drug-likeness (QED) is 0.694. The Morgan fingerprint density at radius 2 is 2.11 bits per heavy atom. The summed E-state index contributed by atoms with van der Waals surface area (Å²) in [5, 5.41) is 4.12. The molecule has 0 radical (unpaired) electrons. The molecule has 0 fully saturated rings. The Hall–Kier alpha value is -0.510. The second-order valence-corrected chi connectivity index (χ2v) is 6.03. The van der Waals surface area contributed by atoms with E-state index in [4.69, 9.17) is 4.74 Å². The van der Waals surface area contributed by atoms with Crippen LogP contribution in [-0.2, 0) is 10.5 Å². The summed E-state index contributed by atoms with van der Waals surface area (Å²) in [7, 11) is 1.75. The van der Waals surface area contributed by atoms with Gasteiger partial charge in [-0.05, 0) is 31.0 Å². The average Bonchev–Trinajstić information content (AvgIpc) is 2.37. The van der Waals surface area contributed by atoms with Crippen molar-refractivity contribution in [2.24, 2.45) is 0 Å². The van der Waals surface area contributed by atoms with Crippen molar-refractivity contribution in [3.05, 3.63) is 35.4 Å². The topological polar surface area (TPSA) is 21.3 Å². The van der Waals surface area contributed by atoms with Crippen LogP contribution < -0.4 is 5.32 Å². The largest absolute Gasteiger partial charge is 0.385 e. The van der Waals surface area contributed by atoms with E-state index >= 15 is 0 Å². The zero-order valence-electron chi connectivity index (χ0n) is 11.7. The highest BCUT2D eigenvalue weighted by Gasteiger charge is 2.04. The van der Waals surface area contributed by atoms with E-state index in [2.05, 4.69) is 43.4 Å². The third-order valence-corrected chi connectivity index (χ3v) is 4.13. The van der Waals surface area contributed by atoms with Crippen molar-refractivity contribution < 1.29 is 4.74 Å². The van der Waals surface area contributed by atoms with E-state index in [0.717, 1.165) is 31.9 Å². The summed E-state index contributed by atoms with van der Waals surface area (Å²) in [4.78, 5) is 0. The van der Waals surface area contributed by atoms with Crippen LogP contribution in [0.1, 0.15) is 24.5 Å². The van der Waals surface area contributed by atoms with Crippen molar-refractivity contribution in [2.45, 2.75) is 31.3 Å². The molecule has 0 bridgehead atoms. The Labute approximate surface area is 116 Å². The first-order chi connectivity index (χ1) is 8.74. The van der Waals surface area contributed by atoms with Gasteiger partial charge in [-0.15, -0.1) is 0 Å². The molecule has 0 aliphatic rings. The lowest BCUT2D eigenvalue weighted by atomic mass is 10.1. The van der Waals surface area contributed by atoms with Crippen molar-refractivity contribution in [3.63, 3.8) is 0 Å². The summed E-state index contributed by atoms with van der Waals surface area (Å²) in [6.07, 6.45) is 1.09. The molecule has 1 unspecified atom stereocenters. The van der Waals surface area contributed by atoms with E-state index in [9.17, 15) is 0 Å². The fourth-order valence-electron chi connectivity index (χ4n) is 1.71. The number of hydrogen-bond acceptors (Lipinski definition) is 3. The van der Waals surface area contributed by atoms with E-state index in [1.807, 2.05) is 11.8 Å². The van der Waals surface area contributed by atoms with Crippen LogP contribution in [0, 0.1) is 6.92 Å². The summed E-state index contributed by atoms with van der Waals surface area (Å²) in [6.45, 7) is 7.43. The van der Waals surface area contributed by atoms with E-state index in [0.29, 0.717) is 5.25 Å². The van der Waals surface area contributed by atoms with Crippen LogP contribution in [0.4, 0.5) is 0 Å². The molecule has 0 aliphatic carbocycles. The molecular formula is C15H25NOS. The highest BCUT2D eigenvalue weighted by atomic mass is 32.2. The maximum Gasteiger partial charge on any atom is 0.0474 e. The minimum absolute atomic E-state index is 0.646. The van der Waals surface area contributed by atoms with E-state index in [-0.39, 0.29) is 0 Å². The fraction of sp³-hybridized carbons (Fsp3) is 0.600. The second kappa shape index (κ2) is 9.42. The Morgan fingerprint density at radius 3 is 2.83 bits per heavy atom. The monoisotopic (exact) mass is 267 g/mol. The minimum atomic E-state index is 0.646. The summed E-state index contributed by atoms with van der Waals surface area (Å²) in [6, 6.07) is 8.63. The molecule has 0 saturated heterocycles. The molecule has 0 aromatic heterocycles. The van der Waals surface area contributed by atoms with Crippen molar-refractivity contribution >= 4 is 11.8 Å². The molecule has 1 rings (SSSR count). The average molecular weight is 267 g/mol. The van der Waals surface area contributed by atoms with Crippen molar-refractivity contribution in [1.29, 1.82) is 0 Å². The molecule has 1 aromatic carbocycles. The van der Waals surface area contributed by atoms with Gasteiger partial charge in [0.25, 0.3) is 0 Å². The van der Waals surface area contributed by atoms with E-state index in [1.54, 1.807) is 7.11 Å². The van der Waals surface area contributed by atoms with Crippen LogP contribution in [0.5, 0.6) is 0 Å². The van der Waals surface area contributed by atoms with Crippen LogP contribution in [0.25, 0.3) is 0 Å². The Bertz CT molecular complexity index is 330. The molecule has 3 heteroatoms. The number of nitrogens with one attached hydrogen (secondary N) is 1. The Morgan fingerprint density at radius 1 is 1.33 bits per heavy atom. The standard InChI is InChI=1S/C15H25NOS/c1-13-7-4-5-8-15(13)12-18-14(2)11-16-9-6-10-17-3/h4-5,7-8,14,16H,6,9-12H2,1-3H3. The van der Waals surface area contributed by atoms with Gasteiger partial charge in [0.15, 0.2) is 0 Å². The number of rotatable bonds is 9. The van der Waals surface area contributed by atoms with Gasteiger partial charge < -0.3 is 10.1 Å². The predicted octanol–water partition coefficient (Wildman–Crippen LogP) is 3.24. The van der Waals surface area contributed by atoms with Crippen LogP contribution in [0.2, 0.25) is 0 Å². The molecule has 0 aliphatic heterocycles. The molecule has 0 amide bonds. The smallest absolute Gasteiger partial charge is 0.0474 e. The molecule has 0 heterocycles. The van der Waals surface area contributed by atoms with Gasteiger partial charge in [-0.1, -0.05) is 31.2 Å². The Balaban J connectivity index is 2.13. The third kappa shape index (κ3) is 6.43. The van der Waals surface area contributed by atoms with Gasteiger partial charge in [0.05, 0.1) is 0 Å². The van der Waals surface area contributed by atoms with Gasteiger partial charge in [0, 0.05) is 31.3 Å². The normalized spacial score (nSPS) is 12.6. The maximum atomic E-state index is 5.02. The van der Waals surface area contributed by atoms with Crippen molar-refractivity contribution in [3.8, 4) is 0 Å². The highest BCUT2D eigenvalue weighted by Crippen LogP contribution is 2.19. The van der Waals surface area contributed by atoms with Crippen molar-refractivity contribution in [1.82, 2.24) is 5.32 Å². The molecular weight excluding hydrogens is 242 g/mol. The van der Waals surface area contributed by atoms with Crippen LogP contribution >= 0.6 is 11.8 Å². The number of ether oxygens (including phenoxy) is 1. The molecule has 1 atom stereocenters. The van der Waals surface area contributed by atoms with E-state index in [1.165, 1.54) is 11.1 Å². The number of methoxy groups -OCH3 is 1. The molecule has 2 nitrogen and oxygen atoms in total. The minimum Gasteiger partial charge on any atom is -0.385 e. The van der Waals surface area contributed by atoms with Crippen LogP contribution in [-0.4, -0.2) is 32.1 Å². The maximum absolute atomic E-state index is 5.02. The second-order valence-electron chi connectivity index (χ2n) is 4.60. The first kappa shape index (κ1) is 15.5. The zero-order valence-corrected chi connectivity index (χ0v) is 12.6. The van der Waals surface area contributed by atoms with E-state index < -0.39 is 0 Å². The first-order valence-electron chi connectivity index (χ1n) is 6.59. The van der Waals surface area contributed by atoms with Crippen LogP contribution in [0.15, 0.2) is 24.3 Å². The summed E-state index contributed by atoms with van der Waals surface area (Å²) in [5.41, 5.74) is 2.85. The highest BCUT2D eigenvalue weighted by molar-refractivity contribution is 7.99. The number of hydrogen-bond donors (Lipinski definition) is 1. The summed E-state index contributed by atoms with van der Waals surface area (Å²) >= 11 is 2.01. The lowest BCUT2D eigenvalue weighted by Crippen LogP contribution is -2.24. The SMILES string of the molecule is COCCCNCC(C)SCc1ccccc1C. The third-order valence-electron chi connectivity index (χ3n) is 2.92. The molecule has 102 valence electrons. The number of aryl methyl sites for hydroxylation is 1. The molecule has 1 N–H and O–H groups in total. The lowest BCUT2D eigenvalue weighted by molar-refractivity contribution is 0.194. The molecule has 0 spiro atoms. The fourth-order valence-corrected chi connectivity index (χ4v) is 2.73. The van der Waals surface area contributed by atoms with Gasteiger partial charge in [0.2, 0.25) is 0 Å². The van der Waals surface area contributed by atoms with Crippen LogP contribution in [0.3, 0.4) is 0 Å². The number of benzene rings is 1. The lowest BCUT2D eigenvalue weighted by Gasteiger charge is -2.13. The zero-order chi connectivity index (χ0) is 13.2. The van der Waals surface area contributed by atoms with Gasteiger partial charge in [0.1, 0.15) is 0 Å². The first-order valence-corrected chi connectivity index (χ1v) is 7.64. The summed E-state index contributed by atoms with van der Waals surface area (Å²) < 4.78 is 5.02. The van der Waals surface area contributed by atoms with Gasteiger partial charge in [-0.25, -0.2) is 0 Å².